The van der Waals surface area contributed by atoms with Crippen LogP contribution in [0.1, 0.15) is 27.6 Å². The monoisotopic (exact) mass is 384 g/mol. The predicted octanol–water partition coefficient (Wildman–Crippen LogP) is 4.60. The number of carbonyl (C=O) groups excluding carboxylic acids is 2. The van der Waals surface area contributed by atoms with E-state index in [1.165, 1.54) is 13.3 Å². The van der Waals surface area contributed by atoms with Gasteiger partial charge in [-0.05, 0) is 43.3 Å². The third kappa shape index (κ3) is 4.01. The Morgan fingerprint density at radius 1 is 1.15 bits per heavy atom. The Morgan fingerprint density at radius 2 is 1.96 bits per heavy atom. The topological polar surface area (TPSA) is 77.5 Å². The van der Waals surface area contributed by atoms with E-state index in [4.69, 9.17) is 21.1 Å². The Balaban J connectivity index is 2.20. The molecule has 1 aromatic heterocycles. The molecule has 3 rings (SSSR count). The lowest BCUT2D eigenvalue weighted by atomic mass is 10.1. The Morgan fingerprint density at radius 3 is 2.67 bits per heavy atom. The summed E-state index contributed by atoms with van der Waals surface area (Å²) in [5.74, 6) is -0.993. The molecule has 7 heteroatoms. The van der Waals surface area contributed by atoms with Crippen molar-refractivity contribution >= 4 is 45.8 Å². The highest BCUT2D eigenvalue weighted by Crippen LogP contribution is 2.31. The lowest BCUT2D eigenvalue weighted by molar-refractivity contribution is 0.0526. The number of anilines is 2. The molecule has 0 unspecified atom stereocenters. The number of benzene rings is 2. The second-order valence-electron chi connectivity index (χ2n) is 5.63. The summed E-state index contributed by atoms with van der Waals surface area (Å²) in [6.07, 6.45) is 1.45. The van der Waals surface area contributed by atoms with E-state index in [2.05, 4.69) is 10.3 Å². The SMILES string of the molecule is CCOC(=O)c1cnc2ccc(C(=O)OC)cc2c1Nc1cccc(Cl)c1. The number of hydrogen-bond donors (Lipinski definition) is 1. The van der Waals surface area contributed by atoms with Crippen LogP contribution >= 0.6 is 11.6 Å². The fourth-order valence-electron chi connectivity index (χ4n) is 2.65. The van der Waals surface area contributed by atoms with Crippen molar-refractivity contribution in [2.75, 3.05) is 19.0 Å². The van der Waals surface area contributed by atoms with Gasteiger partial charge >= 0.3 is 11.9 Å². The van der Waals surface area contributed by atoms with Gasteiger partial charge in [0.05, 0.1) is 30.5 Å². The Labute approximate surface area is 161 Å². The van der Waals surface area contributed by atoms with Gasteiger partial charge in [0.25, 0.3) is 0 Å². The second kappa shape index (κ2) is 8.05. The molecule has 0 fully saturated rings. The number of fused-ring (bicyclic) bond motifs is 1. The standard InChI is InChI=1S/C20H17ClN2O4/c1-3-27-20(25)16-11-22-17-8-7-12(19(24)26-2)9-15(17)18(16)23-14-6-4-5-13(21)10-14/h4-11H,3H2,1-2H3,(H,22,23). The smallest absolute Gasteiger partial charge is 0.341 e. The fraction of sp³-hybridized carbons (Fsp3) is 0.150. The first-order valence-corrected chi connectivity index (χ1v) is 8.62. The zero-order chi connectivity index (χ0) is 19.4. The molecule has 0 spiro atoms. The third-order valence-electron chi connectivity index (χ3n) is 3.88. The fourth-order valence-corrected chi connectivity index (χ4v) is 2.84. The molecule has 0 amide bonds. The van der Waals surface area contributed by atoms with E-state index < -0.39 is 11.9 Å². The van der Waals surface area contributed by atoms with E-state index in [9.17, 15) is 9.59 Å². The van der Waals surface area contributed by atoms with E-state index in [-0.39, 0.29) is 12.2 Å². The number of aromatic nitrogens is 1. The van der Waals surface area contributed by atoms with Gasteiger partial charge in [0.2, 0.25) is 0 Å². The highest BCUT2D eigenvalue weighted by atomic mass is 35.5. The summed E-state index contributed by atoms with van der Waals surface area (Å²) in [4.78, 5) is 28.7. The maximum absolute atomic E-state index is 12.4. The molecule has 0 saturated heterocycles. The van der Waals surface area contributed by atoms with E-state index in [0.29, 0.717) is 32.9 Å². The lowest BCUT2D eigenvalue weighted by Crippen LogP contribution is -2.10. The molecule has 3 aromatic rings. The number of rotatable bonds is 5. The number of hydrogen-bond acceptors (Lipinski definition) is 6. The molecule has 1 N–H and O–H groups in total. The maximum Gasteiger partial charge on any atom is 0.341 e. The number of halogens is 1. The molecule has 6 nitrogen and oxygen atoms in total. The van der Waals surface area contributed by atoms with Crippen LogP contribution in [0.15, 0.2) is 48.7 Å². The van der Waals surface area contributed by atoms with E-state index in [1.54, 1.807) is 43.3 Å². The van der Waals surface area contributed by atoms with Crippen LogP contribution in [0.5, 0.6) is 0 Å². The average molecular weight is 385 g/mol. The van der Waals surface area contributed by atoms with Crippen molar-refractivity contribution in [3.8, 4) is 0 Å². The van der Waals surface area contributed by atoms with Gasteiger partial charge in [-0.15, -0.1) is 0 Å². The number of ether oxygens (including phenoxy) is 2. The van der Waals surface area contributed by atoms with E-state index >= 15 is 0 Å². The molecule has 0 saturated carbocycles. The highest BCUT2D eigenvalue weighted by Gasteiger charge is 2.18. The van der Waals surface area contributed by atoms with Gasteiger partial charge in [-0.2, -0.15) is 0 Å². The summed E-state index contributed by atoms with van der Waals surface area (Å²) < 4.78 is 9.93. The van der Waals surface area contributed by atoms with Crippen LogP contribution in [-0.2, 0) is 9.47 Å². The molecular formula is C20H17ClN2O4. The lowest BCUT2D eigenvalue weighted by Gasteiger charge is -2.15. The van der Waals surface area contributed by atoms with Crippen LogP contribution in [0, 0.1) is 0 Å². The van der Waals surface area contributed by atoms with Crippen LogP contribution in [0.4, 0.5) is 11.4 Å². The summed E-state index contributed by atoms with van der Waals surface area (Å²) in [6, 6.07) is 12.0. The molecule has 0 bridgehead atoms. The normalized spacial score (nSPS) is 10.5. The minimum atomic E-state index is -0.514. The summed E-state index contributed by atoms with van der Waals surface area (Å²) in [6.45, 7) is 1.96. The van der Waals surface area contributed by atoms with Crippen LogP contribution in [0.2, 0.25) is 5.02 Å². The maximum atomic E-state index is 12.4. The predicted molar refractivity (Wildman–Crippen MR) is 104 cm³/mol. The summed E-state index contributed by atoms with van der Waals surface area (Å²) in [5, 5.41) is 4.34. The van der Waals surface area contributed by atoms with Crippen LogP contribution in [-0.4, -0.2) is 30.6 Å². The molecule has 27 heavy (non-hydrogen) atoms. The third-order valence-corrected chi connectivity index (χ3v) is 4.11. The molecular weight excluding hydrogens is 368 g/mol. The molecule has 2 aromatic carbocycles. The van der Waals surface area contributed by atoms with Crippen molar-refractivity contribution in [3.63, 3.8) is 0 Å². The minimum absolute atomic E-state index is 0.232. The number of methoxy groups -OCH3 is 1. The van der Waals surface area contributed by atoms with E-state index in [1.807, 2.05) is 6.07 Å². The molecule has 0 aliphatic heterocycles. The van der Waals surface area contributed by atoms with Crippen molar-refractivity contribution in [3.05, 3.63) is 64.8 Å². The van der Waals surface area contributed by atoms with Crippen molar-refractivity contribution < 1.29 is 19.1 Å². The highest BCUT2D eigenvalue weighted by molar-refractivity contribution is 6.30. The number of pyridine rings is 1. The van der Waals surface area contributed by atoms with Crippen molar-refractivity contribution in [2.45, 2.75) is 6.92 Å². The van der Waals surface area contributed by atoms with Crippen LogP contribution < -0.4 is 5.32 Å². The molecule has 0 radical (unpaired) electrons. The van der Waals surface area contributed by atoms with Gasteiger partial charge in [0.1, 0.15) is 5.56 Å². The summed E-state index contributed by atoms with van der Waals surface area (Å²) in [7, 11) is 1.31. The molecule has 138 valence electrons. The zero-order valence-corrected chi connectivity index (χ0v) is 15.5. The van der Waals surface area contributed by atoms with Gasteiger partial charge < -0.3 is 14.8 Å². The number of nitrogens with zero attached hydrogens (tertiary/aromatic N) is 1. The minimum Gasteiger partial charge on any atom is -0.465 e. The number of carbonyl (C=O) groups is 2. The van der Waals surface area contributed by atoms with Gasteiger partial charge in [-0.1, -0.05) is 17.7 Å². The van der Waals surface area contributed by atoms with Crippen LogP contribution in [0.3, 0.4) is 0 Å². The summed E-state index contributed by atoms with van der Waals surface area (Å²) >= 11 is 6.06. The largest absolute Gasteiger partial charge is 0.465 e. The molecule has 0 aliphatic carbocycles. The first-order valence-electron chi connectivity index (χ1n) is 8.24. The van der Waals surface area contributed by atoms with Crippen molar-refractivity contribution in [2.24, 2.45) is 0 Å². The average Bonchev–Trinajstić information content (AvgIpc) is 2.67. The number of esters is 2. The van der Waals surface area contributed by atoms with Gasteiger partial charge in [0, 0.05) is 22.3 Å². The first-order chi connectivity index (χ1) is 13.0. The quantitative estimate of drug-likeness (QED) is 0.648. The van der Waals surface area contributed by atoms with Gasteiger partial charge in [0.15, 0.2) is 0 Å². The molecule has 0 atom stereocenters. The summed E-state index contributed by atoms with van der Waals surface area (Å²) in [5.41, 5.74) is 2.38. The van der Waals surface area contributed by atoms with Gasteiger partial charge in [-0.25, -0.2) is 9.59 Å². The number of nitrogens with one attached hydrogen (secondary N) is 1. The Hall–Kier alpha value is -3.12. The van der Waals surface area contributed by atoms with Gasteiger partial charge in [-0.3, -0.25) is 4.98 Å². The second-order valence-corrected chi connectivity index (χ2v) is 6.06. The first kappa shape index (κ1) is 18.7. The Bertz CT molecular complexity index is 1020. The molecule has 1 heterocycles. The van der Waals surface area contributed by atoms with Crippen LogP contribution in [0.25, 0.3) is 10.9 Å². The zero-order valence-electron chi connectivity index (χ0n) is 14.8. The molecule has 0 aliphatic rings. The van der Waals surface area contributed by atoms with Crippen molar-refractivity contribution in [1.82, 2.24) is 4.98 Å². The Kier molecular flexibility index (Phi) is 5.57. The van der Waals surface area contributed by atoms with E-state index in [0.717, 1.165) is 0 Å². The van der Waals surface area contributed by atoms with Crippen molar-refractivity contribution in [1.29, 1.82) is 0 Å².